The quantitative estimate of drug-likeness (QED) is 0.441. The van der Waals surface area contributed by atoms with Crippen LogP contribution in [-0.4, -0.2) is 39.9 Å². The summed E-state index contributed by atoms with van der Waals surface area (Å²) in [6.07, 6.45) is 1.98. The number of nitrogens with zero attached hydrogens (tertiary/aromatic N) is 3. The third kappa shape index (κ3) is 5.16. The first kappa shape index (κ1) is 25.9. The van der Waals surface area contributed by atoms with Gasteiger partial charge in [0.2, 0.25) is 11.8 Å². The molecule has 37 heavy (non-hydrogen) atoms. The highest BCUT2D eigenvalue weighted by Crippen LogP contribution is 2.49. The van der Waals surface area contributed by atoms with Crippen molar-refractivity contribution in [3.8, 4) is 5.69 Å². The Morgan fingerprint density at radius 3 is 2.57 bits per heavy atom. The molecule has 3 aromatic rings. The second kappa shape index (κ2) is 9.84. The summed E-state index contributed by atoms with van der Waals surface area (Å²) in [7, 11) is 0. The lowest BCUT2D eigenvalue weighted by atomic mass is 9.87. The number of nitrogens with one attached hydrogen (secondary N) is 1. The van der Waals surface area contributed by atoms with Gasteiger partial charge in [-0.2, -0.15) is 5.10 Å². The number of benzene rings is 2. The highest BCUT2D eigenvalue weighted by atomic mass is 35.5. The summed E-state index contributed by atoms with van der Waals surface area (Å²) in [4.78, 5) is 28.4. The summed E-state index contributed by atoms with van der Waals surface area (Å²) in [6, 6.07) is 14.1. The molecule has 0 saturated heterocycles. The van der Waals surface area contributed by atoms with E-state index in [1.807, 2.05) is 35.0 Å². The average Bonchev–Trinajstić information content (AvgIpc) is 3.57. The molecule has 1 N–H and O–H groups in total. The van der Waals surface area contributed by atoms with E-state index in [4.69, 9.17) is 16.7 Å². The Morgan fingerprint density at radius 2 is 1.89 bits per heavy atom. The lowest BCUT2D eigenvalue weighted by Crippen LogP contribution is -2.43. The molecule has 2 heterocycles. The Bertz CT molecular complexity index is 1370. The van der Waals surface area contributed by atoms with Crippen molar-refractivity contribution in [1.82, 2.24) is 15.1 Å². The van der Waals surface area contributed by atoms with E-state index >= 15 is 0 Å². The van der Waals surface area contributed by atoms with Gasteiger partial charge < -0.3 is 5.32 Å². The van der Waals surface area contributed by atoms with Crippen LogP contribution in [-0.2, 0) is 15.0 Å². The zero-order valence-electron chi connectivity index (χ0n) is 22.0. The van der Waals surface area contributed by atoms with Crippen molar-refractivity contribution in [3.63, 3.8) is 0 Å². The van der Waals surface area contributed by atoms with Crippen molar-refractivity contribution >= 4 is 41.0 Å². The fourth-order valence-corrected chi connectivity index (χ4v) is 6.17. The zero-order chi connectivity index (χ0) is 26.5. The van der Waals surface area contributed by atoms with Gasteiger partial charge in [-0.1, -0.05) is 56.6 Å². The van der Waals surface area contributed by atoms with E-state index in [9.17, 15) is 9.59 Å². The summed E-state index contributed by atoms with van der Waals surface area (Å²) in [5.41, 5.74) is 5.71. The number of thioether (sulfide) groups is 1. The average molecular weight is 537 g/mol. The number of aromatic nitrogens is 2. The topological polar surface area (TPSA) is 67.2 Å². The number of anilines is 1. The van der Waals surface area contributed by atoms with Crippen molar-refractivity contribution in [2.45, 2.75) is 64.2 Å². The molecule has 1 unspecified atom stereocenters. The number of fused-ring (bicyclic) bond motifs is 1. The summed E-state index contributed by atoms with van der Waals surface area (Å²) in [5, 5.41) is 8.72. The van der Waals surface area contributed by atoms with Crippen LogP contribution in [0.1, 0.15) is 66.8 Å². The van der Waals surface area contributed by atoms with Gasteiger partial charge in [0, 0.05) is 22.0 Å². The molecule has 0 radical (unpaired) electrons. The Balaban J connectivity index is 1.78. The number of aryl methyl sites for hydroxylation is 1. The maximum atomic E-state index is 13.7. The molecule has 2 aromatic carbocycles. The Labute approximate surface area is 227 Å². The molecule has 2 amide bonds. The van der Waals surface area contributed by atoms with Crippen LogP contribution in [0.2, 0.25) is 5.02 Å². The van der Waals surface area contributed by atoms with E-state index in [0.717, 1.165) is 46.5 Å². The first-order valence-corrected chi connectivity index (χ1v) is 14.1. The normalized spacial score (nSPS) is 17.9. The zero-order valence-corrected chi connectivity index (χ0v) is 23.5. The maximum absolute atomic E-state index is 13.7. The number of hydrogen-bond acceptors (Lipinski definition) is 4. The Hall–Kier alpha value is -2.77. The first-order chi connectivity index (χ1) is 17.5. The molecule has 2 aliphatic rings. The first-order valence-electron chi connectivity index (χ1n) is 12.7. The minimum Gasteiger partial charge on any atom is -0.352 e. The van der Waals surface area contributed by atoms with Crippen LogP contribution in [0.5, 0.6) is 0 Å². The highest BCUT2D eigenvalue weighted by molar-refractivity contribution is 8.00. The predicted molar refractivity (Wildman–Crippen MR) is 151 cm³/mol. The van der Waals surface area contributed by atoms with Gasteiger partial charge in [0.25, 0.3) is 0 Å². The van der Waals surface area contributed by atoms with Crippen LogP contribution in [0.15, 0.2) is 42.5 Å². The van der Waals surface area contributed by atoms with E-state index in [-0.39, 0.29) is 40.8 Å². The van der Waals surface area contributed by atoms with Gasteiger partial charge >= 0.3 is 0 Å². The van der Waals surface area contributed by atoms with E-state index in [1.165, 1.54) is 0 Å². The minimum atomic E-state index is -0.306. The SMILES string of the molecule is Cc1cccc(-n2nc(C(C)(C)C)c3c2N(CC(=O)NC2CC2)C(=O)CSC3c2cccc(Cl)c2)c1C. The second-order valence-electron chi connectivity index (χ2n) is 11.0. The van der Waals surface area contributed by atoms with E-state index in [1.54, 1.807) is 16.7 Å². The molecule has 1 aliphatic heterocycles. The predicted octanol–water partition coefficient (Wildman–Crippen LogP) is 5.89. The van der Waals surface area contributed by atoms with Crippen molar-refractivity contribution in [2.75, 3.05) is 17.2 Å². The lowest BCUT2D eigenvalue weighted by molar-refractivity contribution is -0.123. The van der Waals surface area contributed by atoms with Crippen molar-refractivity contribution < 1.29 is 9.59 Å². The molecular formula is C29H33ClN4O2S. The number of carbonyl (C=O) groups excluding carboxylic acids is 2. The maximum Gasteiger partial charge on any atom is 0.240 e. The van der Waals surface area contributed by atoms with Crippen LogP contribution >= 0.6 is 23.4 Å². The smallest absolute Gasteiger partial charge is 0.240 e. The summed E-state index contributed by atoms with van der Waals surface area (Å²) in [6.45, 7) is 10.5. The molecule has 5 rings (SSSR count). The van der Waals surface area contributed by atoms with Gasteiger partial charge in [-0.25, -0.2) is 4.68 Å². The standard InChI is InChI=1S/C29H33ClN4O2S/c1-17-8-6-11-22(18(17)2)34-28-25(27(32-34)29(3,4)5)26(19-9-7-10-20(30)14-19)37-16-24(36)33(28)15-23(35)31-21-12-13-21/h6-11,14,21,26H,12-13,15-16H2,1-5H3,(H,31,35). The number of halogens is 1. The van der Waals surface area contributed by atoms with Gasteiger partial charge in [-0.3, -0.25) is 14.5 Å². The summed E-state index contributed by atoms with van der Waals surface area (Å²) in [5.74, 6) is 0.677. The fraction of sp³-hybridized carbons (Fsp3) is 0.414. The largest absolute Gasteiger partial charge is 0.352 e. The van der Waals surface area contributed by atoms with Crippen molar-refractivity contribution in [1.29, 1.82) is 0 Å². The molecule has 8 heteroatoms. The Morgan fingerprint density at radius 1 is 1.16 bits per heavy atom. The van der Waals surface area contributed by atoms with Crippen molar-refractivity contribution in [2.24, 2.45) is 0 Å². The molecule has 6 nitrogen and oxygen atoms in total. The highest BCUT2D eigenvalue weighted by Gasteiger charge is 2.40. The molecule has 1 atom stereocenters. The number of hydrogen-bond donors (Lipinski definition) is 1. The second-order valence-corrected chi connectivity index (χ2v) is 12.6. The fourth-order valence-electron chi connectivity index (χ4n) is 4.78. The van der Waals surface area contributed by atoms with Crippen LogP contribution in [0, 0.1) is 13.8 Å². The molecule has 0 bridgehead atoms. The molecule has 0 spiro atoms. The number of amides is 2. The number of carbonyl (C=O) groups is 2. The molecular weight excluding hydrogens is 504 g/mol. The minimum absolute atomic E-state index is 0.0364. The van der Waals surface area contributed by atoms with Gasteiger partial charge in [0.15, 0.2) is 0 Å². The van der Waals surface area contributed by atoms with Crippen LogP contribution in [0.4, 0.5) is 5.82 Å². The third-order valence-electron chi connectivity index (χ3n) is 7.00. The third-order valence-corrected chi connectivity index (χ3v) is 8.49. The van der Waals surface area contributed by atoms with Crippen LogP contribution < -0.4 is 10.2 Å². The van der Waals surface area contributed by atoms with E-state index in [0.29, 0.717) is 10.8 Å². The van der Waals surface area contributed by atoms with Gasteiger partial charge in [0.1, 0.15) is 12.4 Å². The summed E-state index contributed by atoms with van der Waals surface area (Å²) < 4.78 is 1.89. The van der Waals surface area contributed by atoms with Gasteiger partial charge in [0.05, 0.1) is 22.4 Å². The Kier molecular flexibility index (Phi) is 6.88. The molecule has 1 aromatic heterocycles. The van der Waals surface area contributed by atoms with E-state index < -0.39 is 0 Å². The molecule has 1 aliphatic carbocycles. The van der Waals surface area contributed by atoms with Crippen LogP contribution in [0.25, 0.3) is 5.69 Å². The van der Waals surface area contributed by atoms with Crippen molar-refractivity contribution in [3.05, 3.63) is 75.4 Å². The van der Waals surface area contributed by atoms with Crippen LogP contribution in [0.3, 0.4) is 0 Å². The molecule has 194 valence electrons. The lowest BCUT2D eigenvalue weighted by Gasteiger charge is -2.25. The monoisotopic (exact) mass is 536 g/mol. The van der Waals surface area contributed by atoms with Gasteiger partial charge in [-0.05, 0) is 61.6 Å². The summed E-state index contributed by atoms with van der Waals surface area (Å²) >= 11 is 7.99. The van der Waals surface area contributed by atoms with E-state index in [2.05, 4.69) is 52.1 Å². The molecule has 1 fully saturated rings. The molecule has 1 saturated carbocycles. The number of rotatable bonds is 5. The van der Waals surface area contributed by atoms with Gasteiger partial charge in [-0.15, -0.1) is 11.8 Å².